The quantitative estimate of drug-likeness (QED) is 0.358. The molecule has 0 atom stereocenters. The van der Waals surface area contributed by atoms with Gasteiger partial charge in [-0.25, -0.2) is 10.4 Å². The van der Waals surface area contributed by atoms with Gasteiger partial charge in [-0.15, -0.1) is 0 Å². The predicted octanol–water partition coefficient (Wildman–Crippen LogP) is 3.32. The van der Waals surface area contributed by atoms with Gasteiger partial charge in [0.25, 0.3) is 5.91 Å². The van der Waals surface area contributed by atoms with Crippen LogP contribution in [0.4, 0.5) is 0 Å². The molecule has 1 amide bonds. The molecule has 7 nitrogen and oxygen atoms in total. The van der Waals surface area contributed by atoms with Crippen LogP contribution in [-0.2, 0) is 11.3 Å². The molecule has 0 fully saturated rings. The summed E-state index contributed by atoms with van der Waals surface area (Å²) < 4.78 is 12.6. The minimum absolute atomic E-state index is 0.210. The fourth-order valence-electron chi connectivity index (χ4n) is 2.75. The number of ether oxygens (including phenoxy) is 2. The zero-order valence-electron chi connectivity index (χ0n) is 16.0. The molecule has 0 saturated heterocycles. The van der Waals surface area contributed by atoms with Crippen LogP contribution in [-0.4, -0.2) is 41.6 Å². The van der Waals surface area contributed by atoms with E-state index in [9.17, 15) is 4.79 Å². The first kappa shape index (κ1) is 19.8. The van der Waals surface area contributed by atoms with Crippen molar-refractivity contribution in [3.05, 3.63) is 48.0 Å². The Hall–Kier alpha value is -3.00. The van der Waals surface area contributed by atoms with Crippen molar-refractivity contribution < 1.29 is 14.3 Å². The first-order valence-electron chi connectivity index (χ1n) is 8.78. The summed E-state index contributed by atoms with van der Waals surface area (Å²) in [4.78, 5) is 16.8. The van der Waals surface area contributed by atoms with Crippen molar-refractivity contribution in [3.63, 3.8) is 0 Å². The van der Waals surface area contributed by atoms with Crippen LogP contribution in [0.15, 0.2) is 52.7 Å². The normalized spacial score (nSPS) is 11.1. The Morgan fingerprint density at radius 2 is 2.07 bits per heavy atom. The highest BCUT2D eigenvalue weighted by Gasteiger charge is 2.11. The van der Waals surface area contributed by atoms with Crippen molar-refractivity contribution in [1.29, 1.82) is 0 Å². The molecular formula is C20H22N4O3S. The number of thioether (sulfide) groups is 1. The standard InChI is InChI=1S/C20H22N4O3S/c1-4-24-17-8-6-5-7-16(17)22-20(24)28-13-19(25)23-21-12-14-11-15(26-2)9-10-18(14)27-3/h5-12H,4,13H2,1-3H3,(H,23,25)/b21-12+. The molecule has 0 bridgehead atoms. The number of imidazole rings is 1. The third kappa shape index (κ3) is 4.45. The number of fused-ring (bicyclic) bond motifs is 1. The summed E-state index contributed by atoms with van der Waals surface area (Å²) in [5.74, 6) is 1.33. The van der Waals surface area contributed by atoms with Crippen LogP contribution in [0.5, 0.6) is 11.5 Å². The van der Waals surface area contributed by atoms with E-state index in [0.717, 1.165) is 22.7 Å². The highest BCUT2D eigenvalue weighted by molar-refractivity contribution is 7.99. The molecule has 0 unspecified atom stereocenters. The van der Waals surface area contributed by atoms with Crippen LogP contribution in [0.2, 0.25) is 0 Å². The van der Waals surface area contributed by atoms with Gasteiger partial charge in [0.2, 0.25) is 0 Å². The van der Waals surface area contributed by atoms with Crippen molar-refractivity contribution >= 4 is 34.9 Å². The van der Waals surface area contributed by atoms with E-state index in [4.69, 9.17) is 9.47 Å². The topological polar surface area (TPSA) is 77.7 Å². The number of amides is 1. The molecule has 146 valence electrons. The van der Waals surface area contributed by atoms with Crippen molar-refractivity contribution in [2.24, 2.45) is 5.10 Å². The number of aromatic nitrogens is 2. The maximum atomic E-state index is 12.2. The number of nitrogens with zero attached hydrogens (tertiary/aromatic N) is 3. The number of benzene rings is 2. The third-order valence-electron chi connectivity index (χ3n) is 4.10. The largest absolute Gasteiger partial charge is 0.497 e. The molecule has 1 aromatic heterocycles. The second-order valence-electron chi connectivity index (χ2n) is 5.82. The van der Waals surface area contributed by atoms with Crippen LogP contribution in [0, 0.1) is 0 Å². The summed E-state index contributed by atoms with van der Waals surface area (Å²) in [5, 5.41) is 4.84. The molecule has 0 saturated carbocycles. The molecule has 0 aliphatic heterocycles. The number of rotatable bonds is 8. The molecule has 28 heavy (non-hydrogen) atoms. The molecule has 3 rings (SSSR count). The summed E-state index contributed by atoms with van der Waals surface area (Å²) in [6.45, 7) is 2.85. The Kier molecular flexibility index (Phi) is 6.54. The maximum Gasteiger partial charge on any atom is 0.250 e. The highest BCUT2D eigenvalue weighted by atomic mass is 32.2. The summed E-state index contributed by atoms with van der Waals surface area (Å²) in [5.41, 5.74) is 5.24. The first-order chi connectivity index (χ1) is 13.7. The summed E-state index contributed by atoms with van der Waals surface area (Å²) >= 11 is 1.39. The molecular weight excluding hydrogens is 376 g/mol. The van der Waals surface area contributed by atoms with Gasteiger partial charge in [-0.2, -0.15) is 5.10 Å². The lowest BCUT2D eigenvalue weighted by atomic mass is 10.2. The van der Waals surface area contributed by atoms with Crippen LogP contribution >= 0.6 is 11.8 Å². The lowest BCUT2D eigenvalue weighted by molar-refractivity contribution is -0.118. The molecule has 1 heterocycles. The second kappa shape index (κ2) is 9.27. The van der Waals surface area contributed by atoms with E-state index in [2.05, 4.69) is 27.0 Å². The number of methoxy groups -OCH3 is 2. The molecule has 1 N–H and O–H groups in total. The van der Waals surface area contributed by atoms with E-state index in [1.165, 1.54) is 18.0 Å². The van der Waals surface area contributed by atoms with Crippen molar-refractivity contribution in [3.8, 4) is 11.5 Å². The van der Waals surface area contributed by atoms with Gasteiger partial charge in [-0.05, 0) is 37.3 Å². The average Bonchev–Trinajstić information content (AvgIpc) is 3.09. The number of hydrogen-bond donors (Lipinski definition) is 1. The van der Waals surface area contributed by atoms with E-state index < -0.39 is 0 Å². The van der Waals surface area contributed by atoms with Crippen molar-refractivity contribution in [2.45, 2.75) is 18.6 Å². The second-order valence-corrected chi connectivity index (χ2v) is 6.76. The van der Waals surface area contributed by atoms with Gasteiger partial charge in [0.05, 0.1) is 37.2 Å². The zero-order valence-corrected chi connectivity index (χ0v) is 16.8. The minimum atomic E-state index is -0.210. The molecule has 0 spiro atoms. The Bertz CT molecular complexity index is 1000. The number of carbonyl (C=O) groups is 1. The van der Waals surface area contributed by atoms with Crippen LogP contribution < -0.4 is 14.9 Å². The predicted molar refractivity (Wildman–Crippen MR) is 111 cm³/mol. The van der Waals surface area contributed by atoms with E-state index in [1.54, 1.807) is 32.4 Å². The van der Waals surface area contributed by atoms with Gasteiger partial charge in [-0.1, -0.05) is 23.9 Å². The van der Waals surface area contributed by atoms with Gasteiger partial charge >= 0.3 is 0 Å². The Morgan fingerprint density at radius 1 is 1.25 bits per heavy atom. The monoisotopic (exact) mass is 398 g/mol. The number of hydrazone groups is 1. The van der Waals surface area contributed by atoms with E-state index in [-0.39, 0.29) is 11.7 Å². The molecule has 8 heteroatoms. The van der Waals surface area contributed by atoms with E-state index in [1.807, 2.05) is 24.3 Å². The number of carbonyl (C=O) groups excluding carboxylic acids is 1. The first-order valence-corrected chi connectivity index (χ1v) is 9.76. The number of nitrogens with one attached hydrogen (secondary N) is 1. The van der Waals surface area contributed by atoms with E-state index in [0.29, 0.717) is 17.1 Å². The van der Waals surface area contributed by atoms with E-state index >= 15 is 0 Å². The highest BCUT2D eigenvalue weighted by Crippen LogP contribution is 2.24. The maximum absolute atomic E-state index is 12.2. The summed E-state index contributed by atoms with van der Waals surface area (Å²) in [6, 6.07) is 13.3. The Morgan fingerprint density at radius 3 is 2.82 bits per heavy atom. The molecule has 2 aromatic carbocycles. The fraction of sp³-hybridized carbons (Fsp3) is 0.250. The van der Waals surface area contributed by atoms with Crippen LogP contribution in [0.1, 0.15) is 12.5 Å². The minimum Gasteiger partial charge on any atom is -0.497 e. The molecule has 3 aromatic rings. The van der Waals surface area contributed by atoms with Crippen LogP contribution in [0.25, 0.3) is 11.0 Å². The zero-order chi connectivity index (χ0) is 19.9. The van der Waals surface area contributed by atoms with Crippen LogP contribution in [0.3, 0.4) is 0 Å². The SMILES string of the molecule is CCn1c(SCC(=O)N/N=C/c2cc(OC)ccc2OC)nc2ccccc21. The Balaban J connectivity index is 1.62. The smallest absolute Gasteiger partial charge is 0.250 e. The number of aryl methyl sites for hydroxylation is 1. The molecule has 0 aliphatic carbocycles. The lowest BCUT2D eigenvalue weighted by Gasteiger charge is -2.07. The van der Waals surface area contributed by atoms with Crippen molar-refractivity contribution in [1.82, 2.24) is 15.0 Å². The molecule has 0 aliphatic rings. The lowest BCUT2D eigenvalue weighted by Crippen LogP contribution is -2.20. The summed E-state index contributed by atoms with van der Waals surface area (Å²) in [6.07, 6.45) is 1.53. The van der Waals surface area contributed by atoms with Gasteiger partial charge in [-0.3, -0.25) is 4.79 Å². The van der Waals surface area contributed by atoms with Gasteiger partial charge in [0.15, 0.2) is 5.16 Å². The fourth-order valence-corrected chi connectivity index (χ4v) is 3.62. The van der Waals surface area contributed by atoms with Gasteiger partial charge < -0.3 is 14.0 Å². The number of hydrogen-bond acceptors (Lipinski definition) is 6. The Labute approximate surface area is 167 Å². The van der Waals surface area contributed by atoms with Gasteiger partial charge in [0.1, 0.15) is 11.5 Å². The van der Waals surface area contributed by atoms with Gasteiger partial charge in [0, 0.05) is 12.1 Å². The van der Waals surface area contributed by atoms with Crippen molar-refractivity contribution in [2.75, 3.05) is 20.0 Å². The summed E-state index contributed by atoms with van der Waals surface area (Å²) in [7, 11) is 3.17. The third-order valence-corrected chi connectivity index (χ3v) is 5.07. The average molecular weight is 398 g/mol. The molecule has 0 radical (unpaired) electrons. The number of para-hydroxylation sites is 2.